The van der Waals surface area contributed by atoms with E-state index >= 15 is 0 Å². The molecular formula is C13H19ClN2O2. The summed E-state index contributed by atoms with van der Waals surface area (Å²) in [5.74, 6) is 0.855. The number of amides is 1. The summed E-state index contributed by atoms with van der Waals surface area (Å²) in [4.78, 5) is 11.9. The SMILES string of the molecule is CC(C)C(N)C(=O)NC1COc2ccccc21.Cl. The van der Waals surface area contributed by atoms with E-state index in [2.05, 4.69) is 5.32 Å². The molecule has 2 unspecified atom stereocenters. The van der Waals surface area contributed by atoms with E-state index < -0.39 is 6.04 Å². The number of carbonyl (C=O) groups is 1. The Balaban J connectivity index is 0.00000162. The molecule has 4 nitrogen and oxygen atoms in total. The summed E-state index contributed by atoms with van der Waals surface area (Å²) >= 11 is 0. The molecule has 2 atom stereocenters. The Morgan fingerprint density at radius 2 is 2.11 bits per heavy atom. The average molecular weight is 271 g/mol. The number of nitrogens with one attached hydrogen (secondary N) is 1. The van der Waals surface area contributed by atoms with E-state index in [4.69, 9.17) is 10.5 Å². The monoisotopic (exact) mass is 270 g/mol. The van der Waals surface area contributed by atoms with E-state index in [1.807, 2.05) is 38.1 Å². The molecule has 1 aromatic carbocycles. The van der Waals surface area contributed by atoms with Gasteiger partial charge >= 0.3 is 0 Å². The lowest BCUT2D eigenvalue weighted by molar-refractivity contribution is -0.124. The first kappa shape index (κ1) is 14.8. The smallest absolute Gasteiger partial charge is 0.237 e. The molecule has 0 saturated heterocycles. The van der Waals surface area contributed by atoms with Crippen LogP contribution in [0.15, 0.2) is 24.3 Å². The minimum atomic E-state index is -0.470. The van der Waals surface area contributed by atoms with Crippen LogP contribution < -0.4 is 15.8 Å². The molecule has 0 spiro atoms. The minimum absolute atomic E-state index is 0. The van der Waals surface area contributed by atoms with Crippen molar-refractivity contribution in [3.63, 3.8) is 0 Å². The van der Waals surface area contributed by atoms with Crippen LogP contribution >= 0.6 is 12.4 Å². The maximum absolute atomic E-state index is 11.9. The summed E-state index contributed by atoms with van der Waals surface area (Å²) in [7, 11) is 0. The van der Waals surface area contributed by atoms with Gasteiger partial charge in [0.25, 0.3) is 0 Å². The summed E-state index contributed by atoms with van der Waals surface area (Å²) in [6, 6.07) is 7.18. The van der Waals surface area contributed by atoms with Crippen LogP contribution in [-0.4, -0.2) is 18.6 Å². The molecule has 0 fully saturated rings. The molecule has 5 heteroatoms. The van der Waals surface area contributed by atoms with E-state index in [0.717, 1.165) is 11.3 Å². The lowest BCUT2D eigenvalue weighted by Gasteiger charge is -2.18. The molecule has 3 N–H and O–H groups in total. The van der Waals surface area contributed by atoms with Crippen molar-refractivity contribution < 1.29 is 9.53 Å². The van der Waals surface area contributed by atoms with E-state index in [1.165, 1.54) is 0 Å². The molecule has 1 aliphatic rings. The van der Waals surface area contributed by atoms with Crippen molar-refractivity contribution in [1.29, 1.82) is 0 Å². The number of halogens is 1. The molecule has 1 heterocycles. The fraction of sp³-hybridized carbons (Fsp3) is 0.462. The largest absolute Gasteiger partial charge is 0.491 e. The van der Waals surface area contributed by atoms with Gasteiger partial charge in [0.2, 0.25) is 5.91 Å². The van der Waals surface area contributed by atoms with Crippen LogP contribution in [0.25, 0.3) is 0 Å². The van der Waals surface area contributed by atoms with Gasteiger partial charge in [0.15, 0.2) is 0 Å². The van der Waals surface area contributed by atoms with Gasteiger partial charge in [-0.1, -0.05) is 32.0 Å². The molecule has 1 aromatic rings. The van der Waals surface area contributed by atoms with Gasteiger partial charge in [0.05, 0.1) is 12.1 Å². The van der Waals surface area contributed by atoms with Crippen molar-refractivity contribution in [1.82, 2.24) is 5.32 Å². The molecule has 0 aliphatic carbocycles. The second kappa shape index (κ2) is 6.07. The highest BCUT2D eigenvalue weighted by molar-refractivity contribution is 5.85. The van der Waals surface area contributed by atoms with Crippen LogP contribution in [-0.2, 0) is 4.79 Å². The number of hydrogen-bond donors (Lipinski definition) is 2. The van der Waals surface area contributed by atoms with Crippen LogP contribution in [0.2, 0.25) is 0 Å². The van der Waals surface area contributed by atoms with Gasteiger partial charge in [0.1, 0.15) is 12.4 Å². The van der Waals surface area contributed by atoms with E-state index in [1.54, 1.807) is 0 Å². The van der Waals surface area contributed by atoms with Crippen molar-refractivity contribution in [2.45, 2.75) is 25.9 Å². The summed E-state index contributed by atoms with van der Waals surface area (Å²) in [6.07, 6.45) is 0. The maximum Gasteiger partial charge on any atom is 0.237 e. The Hall–Kier alpha value is -1.26. The maximum atomic E-state index is 11.9. The zero-order valence-corrected chi connectivity index (χ0v) is 11.4. The Labute approximate surface area is 113 Å². The highest BCUT2D eigenvalue weighted by atomic mass is 35.5. The van der Waals surface area contributed by atoms with Crippen molar-refractivity contribution in [3.05, 3.63) is 29.8 Å². The normalized spacial score (nSPS) is 18.6. The highest BCUT2D eigenvalue weighted by Crippen LogP contribution is 2.31. The molecule has 0 bridgehead atoms. The first-order chi connectivity index (χ1) is 8.09. The first-order valence-electron chi connectivity index (χ1n) is 5.87. The molecule has 0 radical (unpaired) electrons. The Bertz CT molecular complexity index is 423. The average Bonchev–Trinajstić information content (AvgIpc) is 2.71. The molecular weight excluding hydrogens is 252 g/mol. The minimum Gasteiger partial charge on any atom is -0.491 e. The summed E-state index contributed by atoms with van der Waals surface area (Å²) in [5, 5.41) is 2.93. The zero-order chi connectivity index (χ0) is 12.4. The van der Waals surface area contributed by atoms with Gasteiger partial charge in [-0.2, -0.15) is 0 Å². The third kappa shape index (κ3) is 2.94. The number of benzene rings is 1. The molecule has 100 valence electrons. The number of rotatable bonds is 3. The molecule has 1 aliphatic heterocycles. The molecule has 1 amide bonds. The van der Waals surface area contributed by atoms with Gasteiger partial charge in [-0.3, -0.25) is 4.79 Å². The molecule has 2 rings (SSSR count). The predicted octanol–water partition coefficient (Wildman–Crippen LogP) is 1.64. The lowest BCUT2D eigenvalue weighted by Crippen LogP contribution is -2.45. The number of carbonyl (C=O) groups excluding carboxylic acids is 1. The standard InChI is InChI=1S/C13H18N2O2.ClH/c1-8(2)12(14)13(16)15-10-7-17-11-6-4-3-5-9(10)11;/h3-6,8,10,12H,7,14H2,1-2H3,(H,15,16);1H. The van der Waals surface area contributed by atoms with E-state index in [-0.39, 0.29) is 30.3 Å². The first-order valence-corrected chi connectivity index (χ1v) is 5.87. The zero-order valence-electron chi connectivity index (χ0n) is 10.6. The second-order valence-electron chi connectivity index (χ2n) is 4.68. The van der Waals surface area contributed by atoms with Gasteiger partial charge < -0.3 is 15.8 Å². The second-order valence-corrected chi connectivity index (χ2v) is 4.68. The fourth-order valence-corrected chi connectivity index (χ4v) is 1.85. The predicted molar refractivity (Wildman–Crippen MR) is 72.9 cm³/mol. The number of hydrogen-bond acceptors (Lipinski definition) is 3. The van der Waals surface area contributed by atoms with Crippen LogP contribution in [0, 0.1) is 5.92 Å². The van der Waals surface area contributed by atoms with Gasteiger partial charge in [0, 0.05) is 5.56 Å². The van der Waals surface area contributed by atoms with Gasteiger partial charge in [-0.05, 0) is 12.0 Å². The van der Waals surface area contributed by atoms with Crippen molar-refractivity contribution in [2.24, 2.45) is 11.7 Å². The number of fused-ring (bicyclic) bond motifs is 1. The quantitative estimate of drug-likeness (QED) is 0.878. The van der Waals surface area contributed by atoms with E-state index in [9.17, 15) is 4.79 Å². The summed E-state index contributed by atoms with van der Waals surface area (Å²) in [6.45, 7) is 4.35. The third-order valence-electron chi connectivity index (χ3n) is 3.04. The Kier molecular flexibility index (Phi) is 4.99. The molecule has 18 heavy (non-hydrogen) atoms. The number of nitrogens with two attached hydrogens (primary N) is 1. The van der Waals surface area contributed by atoms with Crippen LogP contribution in [0.4, 0.5) is 0 Å². The molecule has 0 aromatic heterocycles. The van der Waals surface area contributed by atoms with Crippen LogP contribution in [0.5, 0.6) is 5.75 Å². The van der Waals surface area contributed by atoms with Crippen LogP contribution in [0.3, 0.4) is 0 Å². The summed E-state index contributed by atoms with van der Waals surface area (Å²) in [5.41, 5.74) is 6.83. The van der Waals surface area contributed by atoms with Crippen LogP contribution in [0.1, 0.15) is 25.5 Å². The topological polar surface area (TPSA) is 64.4 Å². The number of ether oxygens (including phenoxy) is 1. The Morgan fingerprint density at radius 3 is 2.78 bits per heavy atom. The van der Waals surface area contributed by atoms with Gasteiger partial charge in [-0.15, -0.1) is 12.4 Å². The van der Waals surface area contributed by atoms with E-state index in [0.29, 0.717) is 6.61 Å². The summed E-state index contributed by atoms with van der Waals surface area (Å²) < 4.78 is 5.50. The highest BCUT2D eigenvalue weighted by Gasteiger charge is 2.27. The van der Waals surface area contributed by atoms with Crippen molar-refractivity contribution in [3.8, 4) is 5.75 Å². The third-order valence-corrected chi connectivity index (χ3v) is 3.04. The Morgan fingerprint density at radius 1 is 1.44 bits per heavy atom. The number of para-hydroxylation sites is 1. The van der Waals surface area contributed by atoms with Gasteiger partial charge in [-0.25, -0.2) is 0 Å². The molecule has 0 saturated carbocycles. The van der Waals surface area contributed by atoms with Crippen molar-refractivity contribution >= 4 is 18.3 Å². The lowest BCUT2D eigenvalue weighted by atomic mass is 10.0. The fourth-order valence-electron chi connectivity index (χ4n) is 1.85. The van der Waals surface area contributed by atoms with Crippen molar-refractivity contribution in [2.75, 3.05) is 6.61 Å².